The summed E-state index contributed by atoms with van der Waals surface area (Å²) < 4.78 is 5.20. The summed E-state index contributed by atoms with van der Waals surface area (Å²) in [5.74, 6) is 0.374. The number of nitrogens with zero attached hydrogens (tertiary/aromatic N) is 4. The van der Waals surface area contributed by atoms with Crippen LogP contribution < -0.4 is 4.74 Å². The van der Waals surface area contributed by atoms with E-state index in [-0.39, 0.29) is 5.78 Å². The van der Waals surface area contributed by atoms with Crippen molar-refractivity contribution in [2.24, 2.45) is 0 Å². The van der Waals surface area contributed by atoms with Crippen LogP contribution in [0.1, 0.15) is 21.5 Å². The predicted octanol–water partition coefficient (Wildman–Crippen LogP) is 2.38. The molecule has 3 aromatic rings. The van der Waals surface area contributed by atoms with Crippen molar-refractivity contribution in [3.05, 3.63) is 71.5 Å². The van der Waals surface area contributed by atoms with Crippen LogP contribution in [0.3, 0.4) is 0 Å². The summed E-state index contributed by atoms with van der Waals surface area (Å²) in [7, 11) is 1.54. The van der Waals surface area contributed by atoms with Crippen LogP contribution in [-0.2, 0) is 0 Å². The summed E-state index contributed by atoms with van der Waals surface area (Å²) in [5.41, 5.74) is 1.96. The van der Waals surface area contributed by atoms with Gasteiger partial charge in [-0.25, -0.2) is 0 Å². The molecule has 112 valence electrons. The monoisotopic (exact) mass is 304 g/mol. The zero-order chi connectivity index (χ0) is 16.2. The van der Waals surface area contributed by atoms with Gasteiger partial charge in [0.2, 0.25) is 0 Å². The average molecular weight is 304 g/mol. The Bertz CT molecular complexity index is 878. The van der Waals surface area contributed by atoms with Crippen LogP contribution in [0.4, 0.5) is 0 Å². The lowest BCUT2D eigenvalue weighted by atomic mass is 10.0. The number of hydrogen-bond donors (Lipinski definition) is 0. The molecular formula is C17H12N4O2. The first-order valence-corrected chi connectivity index (χ1v) is 6.82. The van der Waals surface area contributed by atoms with Crippen molar-refractivity contribution >= 4 is 5.78 Å². The fraction of sp³-hybridized carbons (Fsp3) is 0.0588. The van der Waals surface area contributed by atoms with Crippen molar-refractivity contribution < 1.29 is 9.53 Å². The van der Waals surface area contributed by atoms with Gasteiger partial charge in [0.1, 0.15) is 5.75 Å². The van der Waals surface area contributed by atoms with E-state index < -0.39 is 0 Å². The third-order valence-electron chi connectivity index (χ3n) is 3.36. The van der Waals surface area contributed by atoms with Gasteiger partial charge in [-0.2, -0.15) is 20.3 Å². The van der Waals surface area contributed by atoms with Gasteiger partial charge in [0.05, 0.1) is 42.4 Å². The van der Waals surface area contributed by atoms with Gasteiger partial charge in [-0.05, 0) is 42.5 Å². The van der Waals surface area contributed by atoms with Crippen LogP contribution >= 0.6 is 0 Å². The Morgan fingerprint density at radius 2 is 1.83 bits per heavy atom. The van der Waals surface area contributed by atoms with Crippen LogP contribution in [-0.4, -0.2) is 27.9 Å². The number of methoxy groups -OCH3 is 1. The molecule has 0 aliphatic rings. The van der Waals surface area contributed by atoms with Gasteiger partial charge >= 0.3 is 0 Å². The highest BCUT2D eigenvalue weighted by molar-refractivity contribution is 6.11. The molecule has 0 amide bonds. The van der Waals surface area contributed by atoms with Crippen molar-refractivity contribution in [3.63, 3.8) is 0 Å². The average Bonchev–Trinajstić information content (AvgIpc) is 3.15. The van der Waals surface area contributed by atoms with Crippen LogP contribution in [0.25, 0.3) is 5.69 Å². The van der Waals surface area contributed by atoms with Gasteiger partial charge in [0.15, 0.2) is 5.78 Å². The third-order valence-corrected chi connectivity index (χ3v) is 3.36. The van der Waals surface area contributed by atoms with Crippen LogP contribution in [0.15, 0.2) is 54.9 Å². The quantitative estimate of drug-likeness (QED) is 0.691. The van der Waals surface area contributed by atoms with E-state index in [1.165, 1.54) is 11.9 Å². The van der Waals surface area contributed by atoms with Gasteiger partial charge in [-0.1, -0.05) is 0 Å². The first kappa shape index (κ1) is 14.5. The Hall–Kier alpha value is -3.46. The SMILES string of the molecule is COc1ccc(-n2nccn2)c(C(=O)c2ccc(C#N)cc2)c1. The summed E-state index contributed by atoms with van der Waals surface area (Å²) in [6.45, 7) is 0. The number of ether oxygens (including phenoxy) is 1. The van der Waals surface area contributed by atoms with E-state index in [9.17, 15) is 4.79 Å². The second kappa shape index (κ2) is 6.12. The van der Waals surface area contributed by atoms with Gasteiger partial charge in [-0.3, -0.25) is 4.79 Å². The lowest BCUT2D eigenvalue weighted by molar-refractivity contribution is 0.103. The van der Waals surface area contributed by atoms with E-state index in [1.807, 2.05) is 6.07 Å². The number of hydrogen-bond acceptors (Lipinski definition) is 5. The van der Waals surface area contributed by atoms with Crippen molar-refractivity contribution in [2.75, 3.05) is 7.11 Å². The van der Waals surface area contributed by atoms with Crippen molar-refractivity contribution in [2.45, 2.75) is 0 Å². The third kappa shape index (κ3) is 2.80. The van der Waals surface area contributed by atoms with Gasteiger partial charge in [-0.15, -0.1) is 0 Å². The van der Waals surface area contributed by atoms with E-state index in [0.29, 0.717) is 28.1 Å². The summed E-state index contributed by atoms with van der Waals surface area (Å²) in [4.78, 5) is 14.2. The first-order chi connectivity index (χ1) is 11.2. The molecule has 0 N–H and O–H groups in total. The van der Waals surface area contributed by atoms with Gasteiger partial charge < -0.3 is 4.74 Å². The second-order valence-electron chi connectivity index (χ2n) is 4.72. The topological polar surface area (TPSA) is 80.8 Å². The lowest BCUT2D eigenvalue weighted by Gasteiger charge is -2.10. The van der Waals surface area contributed by atoms with Gasteiger partial charge in [0.25, 0.3) is 0 Å². The van der Waals surface area contributed by atoms with E-state index >= 15 is 0 Å². The van der Waals surface area contributed by atoms with E-state index in [0.717, 1.165) is 0 Å². The molecule has 23 heavy (non-hydrogen) atoms. The molecule has 0 saturated heterocycles. The standard InChI is InChI=1S/C17H12N4O2/c1-23-14-6-7-16(21-19-8-9-20-21)15(10-14)17(22)13-4-2-12(11-18)3-5-13/h2-10H,1H3. The predicted molar refractivity (Wildman–Crippen MR) is 82.5 cm³/mol. The molecule has 0 spiro atoms. The smallest absolute Gasteiger partial charge is 0.195 e. The normalized spacial score (nSPS) is 10.1. The minimum Gasteiger partial charge on any atom is -0.497 e. The summed E-state index contributed by atoms with van der Waals surface area (Å²) in [6, 6.07) is 13.6. The summed E-state index contributed by atoms with van der Waals surface area (Å²) >= 11 is 0. The minimum atomic E-state index is -0.194. The molecule has 0 aliphatic heterocycles. The Morgan fingerprint density at radius 1 is 1.13 bits per heavy atom. The number of ketones is 1. The second-order valence-corrected chi connectivity index (χ2v) is 4.72. The highest BCUT2D eigenvalue weighted by atomic mass is 16.5. The van der Waals surface area contributed by atoms with Crippen LogP contribution in [0, 0.1) is 11.3 Å². The number of nitriles is 1. The first-order valence-electron chi connectivity index (χ1n) is 6.82. The van der Waals surface area contributed by atoms with Crippen LogP contribution in [0.5, 0.6) is 5.75 Å². The number of rotatable bonds is 4. The highest BCUT2D eigenvalue weighted by Crippen LogP contribution is 2.23. The summed E-state index contributed by atoms with van der Waals surface area (Å²) in [5, 5.41) is 17.0. The zero-order valence-corrected chi connectivity index (χ0v) is 12.3. The molecule has 1 heterocycles. The number of aromatic nitrogens is 3. The summed E-state index contributed by atoms with van der Waals surface area (Å²) in [6.07, 6.45) is 3.08. The number of benzene rings is 2. The maximum atomic E-state index is 12.8. The van der Waals surface area contributed by atoms with E-state index in [4.69, 9.17) is 10.00 Å². The molecule has 0 unspecified atom stereocenters. The van der Waals surface area contributed by atoms with Crippen molar-refractivity contribution in [1.29, 1.82) is 5.26 Å². The molecule has 0 bridgehead atoms. The molecule has 3 rings (SSSR count). The molecular weight excluding hydrogens is 292 g/mol. The molecule has 0 fully saturated rings. The molecule has 0 aliphatic carbocycles. The molecule has 0 saturated carbocycles. The highest BCUT2D eigenvalue weighted by Gasteiger charge is 2.17. The van der Waals surface area contributed by atoms with Crippen molar-refractivity contribution in [3.8, 4) is 17.5 Å². The minimum absolute atomic E-state index is 0.194. The van der Waals surface area contributed by atoms with Crippen LogP contribution in [0.2, 0.25) is 0 Å². The Labute approximate surface area is 132 Å². The zero-order valence-electron chi connectivity index (χ0n) is 12.3. The molecule has 2 aromatic carbocycles. The fourth-order valence-corrected chi connectivity index (χ4v) is 2.19. The molecule has 6 heteroatoms. The van der Waals surface area contributed by atoms with E-state index in [2.05, 4.69) is 10.2 Å². The Balaban J connectivity index is 2.09. The fourth-order valence-electron chi connectivity index (χ4n) is 2.19. The Kier molecular flexibility index (Phi) is 3.85. The lowest BCUT2D eigenvalue weighted by Crippen LogP contribution is -2.10. The van der Waals surface area contributed by atoms with Crippen molar-refractivity contribution in [1.82, 2.24) is 15.0 Å². The Morgan fingerprint density at radius 3 is 2.43 bits per heavy atom. The molecule has 0 atom stereocenters. The maximum absolute atomic E-state index is 12.8. The largest absolute Gasteiger partial charge is 0.497 e. The molecule has 1 aromatic heterocycles. The maximum Gasteiger partial charge on any atom is 0.195 e. The number of carbonyl (C=O) groups excluding carboxylic acids is 1. The molecule has 0 radical (unpaired) electrons. The number of carbonyl (C=O) groups is 1. The van der Waals surface area contributed by atoms with E-state index in [1.54, 1.807) is 54.9 Å². The van der Waals surface area contributed by atoms with Gasteiger partial charge in [0, 0.05) is 5.56 Å². The molecule has 6 nitrogen and oxygen atoms in total.